The molecule has 31 heavy (non-hydrogen) atoms. The Labute approximate surface area is 180 Å². The van der Waals surface area contributed by atoms with Gasteiger partial charge in [0.2, 0.25) is 15.9 Å². The molecule has 1 N–H and O–H groups in total. The average molecular weight is 451 g/mol. The van der Waals surface area contributed by atoms with Gasteiger partial charge in [-0.3, -0.25) is 0 Å². The molecule has 1 heterocycles. The smallest absolute Gasteiger partial charge is 0.387 e. The van der Waals surface area contributed by atoms with Crippen molar-refractivity contribution in [3.63, 3.8) is 0 Å². The van der Waals surface area contributed by atoms with Crippen molar-refractivity contribution >= 4 is 16.1 Å². The summed E-state index contributed by atoms with van der Waals surface area (Å²) < 4.78 is 63.3. The van der Waals surface area contributed by atoms with Crippen molar-refractivity contribution in [2.45, 2.75) is 57.8 Å². The summed E-state index contributed by atoms with van der Waals surface area (Å²) in [4.78, 5) is 4.48. The van der Waals surface area contributed by atoms with Gasteiger partial charge in [-0.1, -0.05) is 6.07 Å². The number of alkyl halides is 2. The number of halogens is 2. The van der Waals surface area contributed by atoms with Crippen molar-refractivity contribution in [1.29, 1.82) is 0 Å². The van der Waals surface area contributed by atoms with Gasteiger partial charge >= 0.3 is 6.61 Å². The number of pyridine rings is 1. The Morgan fingerprint density at radius 2 is 1.94 bits per heavy atom. The minimum Gasteiger partial charge on any atom is -0.474 e. The van der Waals surface area contributed by atoms with E-state index in [-0.39, 0.29) is 29.7 Å². The maximum absolute atomic E-state index is 12.8. The Morgan fingerprint density at radius 3 is 2.71 bits per heavy atom. The zero-order chi connectivity index (χ0) is 21.8. The third kappa shape index (κ3) is 5.59. The molecule has 4 rings (SSSR count). The van der Waals surface area contributed by atoms with Crippen LogP contribution in [-0.4, -0.2) is 26.1 Å². The van der Waals surface area contributed by atoms with E-state index in [1.54, 1.807) is 30.5 Å². The fraction of sp³-hybridized carbons (Fsp3) is 0.409. The van der Waals surface area contributed by atoms with E-state index in [0.717, 1.165) is 36.8 Å². The predicted octanol–water partition coefficient (Wildman–Crippen LogP) is 4.41. The standard InChI is InChI=1S/C22H24F2N2O4S/c23-22(24)30-19-7-5-17-13-20(8-6-16(17)12-19)31(27,28)26-14-15-9-10-25-21(11-15)29-18-3-1-2-4-18/h5,7,9-13,18,22,26H,1-4,6,8,14H2. The van der Waals surface area contributed by atoms with Crippen LogP contribution >= 0.6 is 0 Å². The zero-order valence-electron chi connectivity index (χ0n) is 16.9. The molecule has 166 valence electrons. The highest BCUT2D eigenvalue weighted by atomic mass is 32.2. The van der Waals surface area contributed by atoms with E-state index in [4.69, 9.17) is 4.74 Å². The Balaban J connectivity index is 1.41. The van der Waals surface area contributed by atoms with Crippen LogP contribution < -0.4 is 14.2 Å². The Bertz CT molecular complexity index is 1070. The second kappa shape index (κ2) is 9.32. The minimum absolute atomic E-state index is 0.0693. The molecule has 1 saturated carbocycles. The summed E-state index contributed by atoms with van der Waals surface area (Å²) in [6.07, 6.45) is 8.43. The number of benzene rings is 1. The van der Waals surface area contributed by atoms with E-state index in [1.807, 2.05) is 0 Å². The molecule has 9 heteroatoms. The quantitative estimate of drug-likeness (QED) is 0.645. The van der Waals surface area contributed by atoms with Crippen molar-refractivity contribution in [3.8, 4) is 11.6 Å². The number of aromatic nitrogens is 1. The molecule has 0 saturated heterocycles. The van der Waals surface area contributed by atoms with Crippen LogP contribution in [-0.2, 0) is 23.0 Å². The van der Waals surface area contributed by atoms with Gasteiger partial charge in [0.15, 0.2) is 0 Å². The Kier molecular flexibility index (Phi) is 6.52. The molecule has 2 aromatic rings. The lowest BCUT2D eigenvalue weighted by Gasteiger charge is -2.18. The van der Waals surface area contributed by atoms with Crippen LogP contribution in [0.3, 0.4) is 0 Å². The SMILES string of the molecule is O=S(=O)(NCc1ccnc(OC2CCCC2)c1)C1=Cc2ccc(OC(F)F)cc2CC1. The first kappa shape index (κ1) is 21.7. The zero-order valence-corrected chi connectivity index (χ0v) is 17.7. The van der Waals surface area contributed by atoms with Crippen LogP contribution in [0.5, 0.6) is 11.6 Å². The molecule has 1 fully saturated rings. The van der Waals surface area contributed by atoms with Gasteiger partial charge in [0.05, 0.1) is 4.91 Å². The number of hydrogen-bond acceptors (Lipinski definition) is 5. The second-order valence-corrected chi connectivity index (χ2v) is 9.52. The number of aryl methyl sites for hydroxylation is 1. The molecule has 0 amide bonds. The van der Waals surface area contributed by atoms with E-state index in [1.165, 1.54) is 12.1 Å². The van der Waals surface area contributed by atoms with Crippen molar-refractivity contribution in [1.82, 2.24) is 9.71 Å². The highest BCUT2D eigenvalue weighted by Crippen LogP contribution is 2.30. The molecule has 1 aromatic heterocycles. The van der Waals surface area contributed by atoms with Crippen molar-refractivity contribution < 1.29 is 26.7 Å². The highest BCUT2D eigenvalue weighted by Gasteiger charge is 2.22. The summed E-state index contributed by atoms with van der Waals surface area (Å²) in [5.41, 5.74) is 2.22. The van der Waals surface area contributed by atoms with E-state index >= 15 is 0 Å². The summed E-state index contributed by atoms with van der Waals surface area (Å²) in [7, 11) is -3.69. The predicted molar refractivity (Wildman–Crippen MR) is 112 cm³/mol. The van der Waals surface area contributed by atoms with Crippen LogP contribution in [0.25, 0.3) is 6.08 Å². The fourth-order valence-corrected chi connectivity index (χ4v) is 5.10. The monoisotopic (exact) mass is 450 g/mol. The molecule has 6 nitrogen and oxygen atoms in total. The first-order valence-electron chi connectivity index (χ1n) is 10.3. The third-order valence-electron chi connectivity index (χ3n) is 5.50. The number of rotatable bonds is 8. The van der Waals surface area contributed by atoms with Crippen molar-refractivity contribution in [2.75, 3.05) is 0 Å². The number of fused-ring (bicyclic) bond motifs is 1. The number of nitrogens with one attached hydrogen (secondary N) is 1. The summed E-state index contributed by atoms with van der Waals surface area (Å²) in [6.45, 7) is -2.77. The number of sulfonamides is 1. The molecular formula is C22H24F2N2O4S. The Hall–Kier alpha value is -2.52. The number of nitrogens with zero attached hydrogens (tertiary/aromatic N) is 1. The van der Waals surface area contributed by atoms with Gasteiger partial charge in [0, 0.05) is 18.8 Å². The van der Waals surface area contributed by atoms with Gasteiger partial charge < -0.3 is 9.47 Å². The molecule has 0 spiro atoms. The molecule has 0 unspecified atom stereocenters. The van der Waals surface area contributed by atoms with Gasteiger partial charge in [-0.15, -0.1) is 0 Å². The highest BCUT2D eigenvalue weighted by molar-refractivity contribution is 7.93. The summed E-state index contributed by atoms with van der Waals surface area (Å²) in [6, 6.07) is 8.04. The first-order valence-corrected chi connectivity index (χ1v) is 11.8. The summed E-state index contributed by atoms with van der Waals surface area (Å²) >= 11 is 0. The largest absolute Gasteiger partial charge is 0.474 e. The van der Waals surface area contributed by atoms with E-state index in [2.05, 4.69) is 14.4 Å². The molecule has 0 atom stereocenters. The molecule has 0 aliphatic heterocycles. The lowest BCUT2D eigenvalue weighted by atomic mass is 9.97. The minimum atomic E-state index is -3.69. The number of hydrogen-bond donors (Lipinski definition) is 1. The van der Waals surface area contributed by atoms with Gasteiger partial charge in [0.1, 0.15) is 11.9 Å². The first-order chi connectivity index (χ1) is 14.9. The number of allylic oxidation sites excluding steroid dienone is 1. The van der Waals surface area contributed by atoms with Gasteiger partial charge in [-0.2, -0.15) is 8.78 Å². The maximum Gasteiger partial charge on any atom is 0.387 e. The topological polar surface area (TPSA) is 77.5 Å². The maximum atomic E-state index is 12.8. The molecular weight excluding hydrogens is 426 g/mol. The lowest BCUT2D eigenvalue weighted by Crippen LogP contribution is -2.26. The molecule has 0 bridgehead atoms. The molecule has 2 aliphatic rings. The Morgan fingerprint density at radius 1 is 1.13 bits per heavy atom. The van der Waals surface area contributed by atoms with Crippen molar-refractivity contribution in [2.24, 2.45) is 0 Å². The average Bonchev–Trinajstić information content (AvgIpc) is 3.25. The van der Waals surface area contributed by atoms with Gasteiger partial charge in [-0.05, 0) is 79.5 Å². The molecule has 0 radical (unpaired) electrons. The number of ether oxygens (including phenoxy) is 2. The fourth-order valence-electron chi connectivity index (χ4n) is 3.90. The third-order valence-corrected chi connectivity index (χ3v) is 7.03. The van der Waals surface area contributed by atoms with Crippen molar-refractivity contribution in [3.05, 3.63) is 58.1 Å². The van der Waals surface area contributed by atoms with Gasteiger partial charge in [-0.25, -0.2) is 18.1 Å². The van der Waals surface area contributed by atoms with Crippen LogP contribution in [0, 0.1) is 0 Å². The van der Waals surface area contributed by atoms with Crippen LogP contribution in [0.1, 0.15) is 48.8 Å². The van der Waals surface area contributed by atoms with Crippen LogP contribution in [0.4, 0.5) is 8.78 Å². The van der Waals surface area contributed by atoms with E-state index < -0.39 is 16.6 Å². The normalized spacial score (nSPS) is 16.8. The van der Waals surface area contributed by atoms with Crippen LogP contribution in [0.15, 0.2) is 41.4 Å². The van der Waals surface area contributed by atoms with Gasteiger partial charge in [0.25, 0.3) is 0 Å². The molecule has 2 aliphatic carbocycles. The van der Waals surface area contributed by atoms with E-state index in [0.29, 0.717) is 17.9 Å². The molecule has 1 aromatic carbocycles. The summed E-state index contributed by atoms with van der Waals surface area (Å²) in [5, 5.41) is 0. The lowest BCUT2D eigenvalue weighted by molar-refractivity contribution is -0.0498. The van der Waals surface area contributed by atoms with Crippen LogP contribution in [0.2, 0.25) is 0 Å². The second-order valence-electron chi connectivity index (χ2n) is 7.70. The van der Waals surface area contributed by atoms with E-state index in [9.17, 15) is 17.2 Å². The summed E-state index contributed by atoms with van der Waals surface area (Å²) in [5.74, 6) is 0.580.